The number of benzene rings is 1. The van der Waals surface area contributed by atoms with Gasteiger partial charge in [0.2, 0.25) is 0 Å². The van der Waals surface area contributed by atoms with Crippen LogP contribution in [-0.4, -0.2) is 37.3 Å². The second kappa shape index (κ2) is 6.99. The molecule has 0 aromatic heterocycles. The zero-order chi connectivity index (χ0) is 14.5. The van der Waals surface area contributed by atoms with E-state index in [1.165, 1.54) is 23.3 Å². The second-order valence-electron chi connectivity index (χ2n) is 5.34. The molecule has 2 N–H and O–H groups in total. The van der Waals surface area contributed by atoms with Gasteiger partial charge in [0, 0.05) is 24.8 Å². The normalized spacial score (nSPS) is 14.8. The van der Waals surface area contributed by atoms with E-state index in [1.807, 2.05) is 25.1 Å². The van der Waals surface area contributed by atoms with Crippen LogP contribution in [0.2, 0.25) is 0 Å². The van der Waals surface area contributed by atoms with E-state index in [0.717, 1.165) is 17.8 Å². The molecule has 1 aromatic rings. The number of hydrogen-bond donors (Lipinski definition) is 2. The number of aliphatic hydroxyl groups is 1. The summed E-state index contributed by atoms with van der Waals surface area (Å²) in [6, 6.07) is 6.52. The summed E-state index contributed by atoms with van der Waals surface area (Å²) in [7, 11) is 0. The number of nitrogens with one attached hydrogen (secondary N) is 1. The molecule has 1 saturated carbocycles. The summed E-state index contributed by atoms with van der Waals surface area (Å²) in [4.78, 5) is 1.54. The van der Waals surface area contributed by atoms with Crippen LogP contribution >= 0.6 is 0 Å². The van der Waals surface area contributed by atoms with Crippen molar-refractivity contribution in [3.05, 3.63) is 29.3 Å². The first-order valence-corrected chi connectivity index (χ1v) is 7.07. The van der Waals surface area contributed by atoms with Crippen LogP contribution in [0.5, 0.6) is 0 Å². The molecule has 0 heterocycles. The van der Waals surface area contributed by atoms with Crippen LogP contribution in [0.15, 0.2) is 18.2 Å². The minimum absolute atomic E-state index is 0.128. The smallest absolute Gasteiger partial charge is 0.255 e. The van der Waals surface area contributed by atoms with Crippen molar-refractivity contribution in [2.45, 2.75) is 38.8 Å². The first kappa shape index (κ1) is 15.2. The van der Waals surface area contributed by atoms with Gasteiger partial charge in [0.1, 0.15) is 0 Å². The Bertz CT molecular complexity index is 436. The molecule has 0 radical (unpaired) electrons. The lowest BCUT2D eigenvalue weighted by Crippen LogP contribution is -2.32. The van der Waals surface area contributed by atoms with E-state index in [0.29, 0.717) is 6.04 Å². The van der Waals surface area contributed by atoms with E-state index in [9.17, 15) is 8.78 Å². The molecule has 0 atom stereocenters. The van der Waals surface area contributed by atoms with Crippen molar-refractivity contribution in [1.29, 1.82) is 0 Å². The van der Waals surface area contributed by atoms with Crippen molar-refractivity contribution in [3.8, 4) is 0 Å². The molecule has 5 heteroatoms. The zero-order valence-electron chi connectivity index (χ0n) is 11.8. The van der Waals surface area contributed by atoms with Crippen molar-refractivity contribution in [3.63, 3.8) is 0 Å². The van der Waals surface area contributed by atoms with Crippen LogP contribution in [0.25, 0.3) is 0 Å². The summed E-state index contributed by atoms with van der Waals surface area (Å²) < 4.78 is 25.2. The number of aliphatic hydroxyl groups excluding tert-OH is 1. The third-order valence-corrected chi connectivity index (χ3v) is 3.50. The Morgan fingerprint density at radius 2 is 2.15 bits per heavy atom. The molecule has 112 valence electrons. The number of rotatable bonds is 8. The van der Waals surface area contributed by atoms with E-state index < -0.39 is 6.43 Å². The summed E-state index contributed by atoms with van der Waals surface area (Å²) in [6.45, 7) is 2.50. The molecule has 1 aliphatic carbocycles. The minimum atomic E-state index is -2.41. The van der Waals surface area contributed by atoms with Crippen molar-refractivity contribution in [2.75, 3.05) is 24.6 Å². The highest BCUT2D eigenvalue weighted by Gasteiger charge is 2.20. The zero-order valence-corrected chi connectivity index (χ0v) is 11.8. The molecular weight excluding hydrogens is 262 g/mol. The van der Waals surface area contributed by atoms with Gasteiger partial charge in [-0.2, -0.15) is 0 Å². The average Bonchev–Trinajstić information content (AvgIpc) is 3.19. The van der Waals surface area contributed by atoms with Gasteiger partial charge in [0.05, 0.1) is 13.2 Å². The third-order valence-electron chi connectivity index (χ3n) is 3.50. The Labute approximate surface area is 118 Å². The Morgan fingerprint density at radius 1 is 1.40 bits per heavy atom. The quantitative estimate of drug-likeness (QED) is 0.769. The maximum Gasteiger partial charge on any atom is 0.255 e. The van der Waals surface area contributed by atoms with E-state index >= 15 is 0 Å². The Morgan fingerprint density at radius 3 is 2.70 bits per heavy atom. The monoisotopic (exact) mass is 284 g/mol. The van der Waals surface area contributed by atoms with Gasteiger partial charge in [-0.3, -0.25) is 0 Å². The van der Waals surface area contributed by atoms with Crippen LogP contribution in [0.3, 0.4) is 0 Å². The second-order valence-corrected chi connectivity index (χ2v) is 5.34. The highest BCUT2D eigenvalue weighted by atomic mass is 19.3. The maximum absolute atomic E-state index is 12.6. The van der Waals surface area contributed by atoms with E-state index in [2.05, 4.69) is 5.32 Å². The van der Waals surface area contributed by atoms with E-state index in [-0.39, 0.29) is 19.7 Å². The van der Waals surface area contributed by atoms with Crippen LogP contribution in [-0.2, 0) is 6.54 Å². The van der Waals surface area contributed by atoms with Gasteiger partial charge in [-0.1, -0.05) is 12.1 Å². The predicted octanol–water partition coefficient (Wildman–Crippen LogP) is 2.31. The topological polar surface area (TPSA) is 35.5 Å². The van der Waals surface area contributed by atoms with Gasteiger partial charge in [-0.15, -0.1) is 0 Å². The Kier molecular flexibility index (Phi) is 5.31. The molecule has 0 unspecified atom stereocenters. The largest absolute Gasteiger partial charge is 0.395 e. The Balaban J connectivity index is 2.04. The summed E-state index contributed by atoms with van der Waals surface area (Å²) in [6.07, 6.45) is 0.0861. The van der Waals surface area contributed by atoms with Crippen LogP contribution < -0.4 is 10.2 Å². The van der Waals surface area contributed by atoms with Crippen molar-refractivity contribution in [2.24, 2.45) is 0 Å². The van der Waals surface area contributed by atoms with Crippen LogP contribution in [0.1, 0.15) is 24.0 Å². The third kappa shape index (κ3) is 4.42. The van der Waals surface area contributed by atoms with Crippen molar-refractivity contribution in [1.82, 2.24) is 5.32 Å². The van der Waals surface area contributed by atoms with E-state index in [4.69, 9.17) is 5.11 Å². The van der Waals surface area contributed by atoms with Gasteiger partial charge in [-0.05, 0) is 37.0 Å². The number of aryl methyl sites for hydroxylation is 1. The summed E-state index contributed by atoms with van der Waals surface area (Å²) in [5.74, 6) is 0. The molecule has 3 nitrogen and oxygen atoms in total. The fourth-order valence-electron chi connectivity index (χ4n) is 2.33. The lowest BCUT2D eigenvalue weighted by molar-refractivity contribution is 0.153. The van der Waals surface area contributed by atoms with Crippen LogP contribution in [0.4, 0.5) is 14.5 Å². The number of alkyl halides is 2. The molecule has 1 aromatic carbocycles. The lowest BCUT2D eigenvalue weighted by atomic mass is 10.1. The van der Waals surface area contributed by atoms with Gasteiger partial charge >= 0.3 is 0 Å². The minimum Gasteiger partial charge on any atom is -0.395 e. The van der Waals surface area contributed by atoms with E-state index in [1.54, 1.807) is 0 Å². The summed E-state index contributed by atoms with van der Waals surface area (Å²) >= 11 is 0. The molecule has 1 aliphatic rings. The Hall–Kier alpha value is -1.20. The number of halogens is 2. The lowest BCUT2D eigenvalue weighted by Gasteiger charge is -2.25. The van der Waals surface area contributed by atoms with Crippen LogP contribution in [0, 0.1) is 6.92 Å². The fraction of sp³-hybridized carbons (Fsp3) is 0.600. The molecule has 0 aliphatic heterocycles. The highest BCUT2D eigenvalue weighted by Crippen LogP contribution is 2.23. The summed E-state index contributed by atoms with van der Waals surface area (Å²) in [5.41, 5.74) is 2.91. The van der Waals surface area contributed by atoms with Crippen molar-refractivity contribution >= 4 is 5.69 Å². The number of nitrogens with zero attached hydrogens (tertiary/aromatic N) is 1. The summed E-state index contributed by atoms with van der Waals surface area (Å²) in [5, 5.41) is 12.4. The van der Waals surface area contributed by atoms with Crippen molar-refractivity contribution < 1.29 is 13.9 Å². The molecule has 0 bridgehead atoms. The van der Waals surface area contributed by atoms with Gasteiger partial charge in [-0.25, -0.2) is 8.78 Å². The molecule has 0 amide bonds. The SMILES string of the molecule is Cc1cc(CNC2CC2)ccc1N(CCO)CC(F)F. The fourth-order valence-corrected chi connectivity index (χ4v) is 2.33. The van der Waals surface area contributed by atoms with Gasteiger partial charge in [0.15, 0.2) is 0 Å². The molecule has 0 spiro atoms. The molecule has 1 fully saturated rings. The molecule has 0 saturated heterocycles. The number of anilines is 1. The average molecular weight is 284 g/mol. The maximum atomic E-state index is 12.6. The standard InChI is InChI=1S/C15H22F2N2O/c1-11-8-12(9-18-13-3-4-13)2-5-14(11)19(6-7-20)10-15(16)17/h2,5,8,13,15,18,20H,3-4,6-7,9-10H2,1H3. The first-order chi connectivity index (χ1) is 9.60. The highest BCUT2D eigenvalue weighted by molar-refractivity contribution is 5.54. The predicted molar refractivity (Wildman–Crippen MR) is 76.3 cm³/mol. The molecule has 2 rings (SSSR count). The number of hydrogen-bond acceptors (Lipinski definition) is 3. The molecular formula is C15H22F2N2O. The van der Waals surface area contributed by atoms with Gasteiger partial charge < -0.3 is 15.3 Å². The van der Waals surface area contributed by atoms with Gasteiger partial charge in [0.25, 0.3) is 6.43 Å². The molecule has 20 heavy (non-hydrogen) atoms. The first-order valence-electron chi connectivity index (χ1n) is 7.07.